The Morgan fingerprint density at radius 3 is 3.04 bits per heavy atom. The third kappa shape index (κ3) is 2.30. The summed E-state index contributed by atoms with van der Waals surface area (Å²) in [6.07, 6.45) is 5.05. The first-order valence-electron chi connectivity index (χ1n) is 8.92. The van der Waals surface area contributed by atoms with Crippen molar-refractivity contribution in [2.45, 2.75) is 39.7 Å². The van der Waals surface area contributed by atoms with E-state index in [1.165, 1.54) is 21.5 Å². The highest BCUT2D eigenvalue weighted by Gasteiger charge is 2.25. The van der Waals surface area contributed by atoms with Crippen LogP contribution in [0, 0.1) is 12.8 Å². The lowest BCUT2D eigenvalue weighted by Gasteiger charge is -2.17. The molecule has 5 rings (SSSR count). The van der Waals surface area contributed by atoms with Crippen LogP contribution in [0.5, 0.6) is 0 Å². The van der Waals surface area contributed by atoms with Crippen LogP contribution in [0.2, 0.25) is 0 Å². The maximum absolute atomic E-state index is 12.9. The Balaban J connectivity index is 1.76. The van der Waals surface area contributed by atoms with Gasteiger partial charge in [0.2, 0.25) is 0 Å². The average molecular weight is 365 g/mol. The normalized spacial score (nSPS) is 17.1. The van der Waals surface area contributed by atoms with Gasteiger partial charge < -0.3 is 0 Å². The highest BCUT2D eigenvalue weighted by atomic mass is 32.1. The highest BCUT2D eigenvalue weighted by Crippen LogP contribution is 2.38. The molecule has 4 heterocycles. The minimum Gasteiger partial charge on any atom is -0.259 e. The quantitative estimate of drug-likeness (QED) is 0.548. The van der Waals surface area contributed by atoms with Gasteiger partial charge in [0.25, 0.3) is 0 Å². The Morgan fingerprint density at radius 2 is 2.23 bits per heavy atom. The Bertz CT molecular complexity index is 1190. The van der Waals surface area contributed by atoms with Crippen molar-refractivity contribution in [1.29, 1.82) is 0 Å². The fraction of sp³-hybridized carbons (Fsp3) is 0.368. The molecular formula is C19H19N5OS. The number of rotatable bonds is 2. The molecular weight excluding hydrogens is 346 g/mol. The number of aryl methyl sites for hydroxylation is 2. The van der Waals surface area contributed by atoms with Gasteiger partial charge in [-0.15, -0.1) is 16.4 Å². The van der Waals surface area contributed by atoms with Gasteiger partial charge in [-0.3, -0.25) is 4.98 Å². The maximum atomic E-state index is 12.9. The Labute approximate surface area is 154 Å². The second-order valence-corrected chi connectivity index (χ2v) is 8.19. The summed E-state index contributed by atoms with van der Waals surface area (Å²) in [4.78, 5) is 24.4. The average Bonchev–Trinajstić information content (AvgIpc) is 3.13. The molecule has 0 saturated heterocycles. The van der Waals surface area contributed by atoms with Crippen molar-refractivity contribution < 1.29 is 0 Å². The maximum Gasteiger partial charge on any atom is 0.352 e. The molecule has 0 aliphatic heterocycles. The van der Waals surface area contributed by atoms with Crippen LogP contribution in [0.3, 0.4) is 0 Å². The molecule has 7 heteroatoms. The lowest BCUT2D eigenvalue weighted by atomic mass is 9.89. The summed E-state index contributed by atoms with van der Waals surface area (Å²) < 4.78 is 3.15. The van der Waals surface area contributed by atoms with Crippen LogP contribution in [0.1, 0.15) is 35.3 Å². The molecule has 1 atom stereocenters. The zero-order chi connectivity index (χ0) is 17.8. The van der Waals surface area contributed by atoms with Crippen LogP contribution in [0.15, 0.2) is 29.2 Å². The Morgan fingerprint density at radius 1 is 1.35 bits per heavy atom. The molecule has 4 aromatic rings. The van der Waals surface area contributed by atoms with Crippen molar-refractivity contribution in [1.82, 2.24) is 24.1 Å². The van der Waals surface area contributed by atoms with Crippen molar-refractivity contribution >= 4 is 27.2 Å². The predicted molar refractivity (Wildman–Crippen MR) is 102 cm³/mol. The van der Waals surface area contributed by atoms with Crippen LogP contribution in [-0.4, -0.2) is 24.1 Å². The molecule has 0 spiro atoms. The molecule has 1 aliphatic carbocycles. The number of thiophene rings is 1. The molecule has 0 fully saturated rings. The van der Waals surface area contributed by atoms with Gasteiger partial charge >= 0.3 is 5.69 Å². The fourth-order valence-corrected chi connectivity index (χ4v) is 5.27. The summed E-state index contributed by atoms with van der Waals surface area (Å²) in [6, 6.07) is 5.70. The van der Waals surface area contributed by atoms with Crippen LogP contribution in [0.4, 0.5) is 0 Å². The summed E-state index contributed by atoms with van der Waals surface area (Å²) in [5.74, 6) is 1.40. The van der Waals surface area contributed by atoms with E-state index >= 15 is 0 Å². The number of hydrogen-bond acceptors (Lipinski definition) is 5. The van der Waals surface area contributed by atoms with Gasteiger partial charge in [0.1, 0.15) is 10.7 Å². The molecule has 0 bridgehead atoms. The first kappa shape index (κ1) is 15.7. The van der Waals surface area contributed by atoms with Crippen LogP contribution >= 0.6 is 11.3 Å². The lowest BCUT2D eigenvalue weighted by molar-refractivity contribution is 0.509. The molecule has 0 N–H and O–H groups in total. The molecule has 1 unspecified atom stereocenters. The SMILES string of the molecule is Cc1nc2sc3c(c2c2nn(Cc4ccccn4)c(=O)n12)CCC(C)C3. The van der Waals surface area contributed by atoms with E-state index in [0.717, 1.165) is 34.4 Å². The zero-order valence-electron chi connectivity index (χ0n) is 14.8. The summed E-state index contributed by atoms with van der Waals surface area (Å²) in [5, 5.41) is 5.76. The van der Waals surface area contributed by atoms with E-state index in [2.05, 4.69) is 17.0 Å². The van der Waals surface area contributed by atoms with E-state index in [4.69, 9.17) is 4.98 Å². The van der Waals surface area contributed by atoms with E-state index in [0.29, 0.717) is 18.3 Å². The highest BCUT2D eigenvalue weighted by molar-refractivity contribution is 7.19. The van der Waals surface area contributed by atoms with Crippen LogP contribution in [0.25, 0.3) is 15.9 Å². The molecule has 26 heavy (non-hydrogen) atoms. The molecule has 0 saturated carbocycles. The van der Waals surface area contributed by atoms with E-state index < -0.39 is 0 Å². The number of fused-ring (bicyclic) bond motifs is 5. The van der Waals surface area contributed by atoms with E-state index in [1.54, 1.807) is 21.9 Å². The lowest BCUT2D eigenvalue weighted by Crippen LogP contribution is -2.23. The van der Waals surface area contributed by atoms with Gasteiger partial charge in [0.05, 0.1) is 17.6 Å². The van der Waals surface area contributed by atoms with Gasteiger partial charge in [0.15, 0.2) is 5.65 Å². The summed E-state index contributed by atoms with van der Waals surface area (Å²) >= 11 is 1.76. The fourth-order valence-electron chi connectivity index (χ4n) is 3.85. The molecule has 1 aliphatic rings. The molecule has 132 valence electrons. The first-order chi connectivity index (χ1) is 12.6. The number of pyridine rings is 1. The summed E-state index contributed by atoms with van der Waals surface area (Å²) in [5.41, 5.74) is 2.75. The third-order valence-corrected chi connectivity index (χ3v) is 6.33. The first-order valence-corrected chi connectivity index (χ1v) is 9.74. The largest absolute Gasteiger partial charge is 0.352 e. The standard InChI is InChI=1S/C19H19N5OS/c1-11-6-7-14-15(9-11)26-18-16(14)17-22-23(10-13-5-3-4-8-20-13)19(25)24(17)12(2)21-18/h3-5,8,11H,6-7,9-10H2,1-2H3. The second-order valence-electron chi connectivity index (χ2n) is 7.11. The second kappa shape index (κ2) is 5.74. The van der Waals surface area contributed by atoms with Crippen molar-refractivity contribution in [2.24, 2.45) is 5.92 Å². The molecule has 4 aromatic heterocycles. The van der Waals surface area contributed by atoms with Crippen molar-refractivity contribution in [3.8, 4) is 0 Å². The number of nitrogens with zero attached hydrogens (tertiary/aromatic N) is 5. The Kier molecular flexibility index (Phi) is 3.46. The topological polar surface area (TPSA) is 65.1 Å². The molecule has 0 radical (unpaired) electrons. The van der Waals surface area contributed by atoms with Gasteiger partial charge in [-0.2, -0.15) is 0 Å². The zero-order valence-corrected chi connectivity index (χ0v) is 15.6. The van der Waals surface area contributed by atoms with Crippen molar-refractivity contribution in [3.05, 3.63) is 56.8 Å². The minimum absolute atomic E-state index is 0.151. The van der Waals surface area contributed by atoms with Crippen LogP contribution in [-0.2, 0) is 19.4 Å². The van der Waals surface area contributed by atoms with E-state index in [9.17, 15) is 4.79 Å². The Hall–Kier alpha value is -2.54. The van der Waals surface area contributed by atoms with E-state index in [-0.39, 0.29) is 5.69 Å². The third-order valence-electron chi connectivity index (χ3n) is 5.18. The van der Waals surface area contributed by atoms with E-state index in [1.807, 2.05) is 25.1 Å². The summed E-state index contributed by atoms with van der Waals surface area (Å²) in [6.45, 7) is 4.54. The van der Waals surface area contributed by atoms with Gasteiger partial charge in [-0.05, 0) is 49.8 Å². The molecule has 6 nitrogen and oxygen atoms in total. The van der Waals surface area contributed by atoms with Crippen molar-refractivity contribution in [2.75, 3.05) is 0 Å². The van der Waals surface area contributed by atoms with Gasteiger partial charge in [-0.1, -0.05) is 13.0 Å². The smallest absolute Gasteiger partial charge is 0.259 e. The number of aromatic nitrogens is 5. The van der Waals surface area contributed by atoms with Crippen LogP contribution < -0.4 is 5.69 Å². The van der Waals surface area contributed by atoms with Gasteiger partial charge in [-0.25, -0.2) is 18.9 Å². The van der Waals surface area contributed by atoms with Crippen molar-refractivity contribution in [3.63, 3.8) is 0 Å². The summed E-state index contributed by atoms with van der Waals surface area (Å²) in [7, 11) is 0. The minimum atomic E-state index is -0.151. The van der Waals surface area contributed by atoms with Gasteiger partial charge in [0, 0.05) is 11.1 Å². The molecule has 0 amide bonds. The number of hydrogen-bond donors (Lipinski definition) is 0. The predicted octanol–water partition coefficient (Wildman–Crippen LogP) is 2.98. The molecule has 0 aromatic carbocycles. The monoisotopic (exact) mass is 365 g/mol.